The fourth-order valence-electron chi connectivity index (χ4n) is 0.360. The van der Waals surface area contributed by atoms with Crippen LogP contribution in [0.25, 0.3) is 0 Å². The van der Waals surface area contributed by atoms with Gasteiger partial charge in [0.2, 0.25) is 0 Å². The molecule has 0 rings (SSSR count). The monoisotopic (exact) mass is 222 g/mol. The Balaban J connectivity index is 3.76. The Morgan fingerprint density at radius 3 is 1.58 bits per heavy atom. The van der Waals surface area contributed by atoms with Crippen molar-refractivity contribution in [1.82, 2.24) is 0 Å². The fourth-order valence-corrected chi connectivity index (χ4v) is 4.60. The van der Waals surface area contributed by atoms with Gasteiger partial charge < -0.3 is 4.57 Å². The highest BCUT2D eigenvalue weighted by Crippen LogP contribution is 2.52. The summed E-state index contributed by atoms with van der Waals surface area (Å²) < 4.78 is 11.3. The molecule has 0 aliphatic rings. The van der Waals surface area contributed by atoms with Crippen LogP contribution < -0.4 is 0 Å². The lowest BCUT2D eigenvalue weighted by molar-refractivity contribution is 0.603. The Morgan fingerprint density at radius 2 is 1.33 bits per heavy atom. The highest BCUT2D eigenvalue weighted by atomic mass is 33.1. The molecule has 0 radical (unpaired) electrons. The normalized spacial score (nSPS) is 9.75. The van der Waals surface area contributed by atoms with Gasteiger partial charge in [0.05, 0.1) is 0 Å². The van der Waals surface area contributed by atoms with Gasteiger partial charge in [-0.15, -0.1) is 0 Å². The van der Waals surface area contributed by atoms with Gasteiger partial charge >= 0.3 is 0 Å². The fraction of sp³-hybridized carbons (Fsp3) is 0.500. The first-order valence-corrected chi connectivity index (χ1v) is 8.28. The largest absolute Gasteiger partial charge is 0.303 e. The van der Waals surface area contributed by atoms with Gasteiger partial charge in [0.1, 0.15) is 0 Å². The second-order valence-corrected chi connectivity index (χ2v) is 8.73. The average molecular weight is 222 g/mol. The molecule has 0 atom stereocenters. The zero-order valence-electron chi connectivity index (χ0n) is 7.88. The van der Waals surface area contributed by atoms with Gasteiger partial charge in [0, 0.05) is 0 Å². The van der Waals surface area contributed by atoms with Crippen molar-refractivity contribution in [2.45, 2.75) is 27.7 Å². The molecule has 12 heavy (non-hydrogen) atoms. The van der Waals surface area contributed by atoms with Crippen molar-refractivity contribution < 1.29 is 4.57 Å². The van der Waals surface area contributed by atoms with Crippen molar-refractivity contribution in [3.8, 4) is 0 Å². The maximum Gasteiger partial charge on any atom is 0.187 e. The highest BCUT2D eigenvalue weighted by molar-refractivity contribution is 8.85. The summed E-state index contributed by atoms with van der Waals surface area (Å²) in [7, 11) is 0. The van der Waals surface area contributed by atoms with Gasteiger partial charge in [0.25, 0.3) is 0 Å². The Hall–Kier alpha value is 0.410. The lowest BCUT2D eigenvalue weighted by Crippen LogP contribution is -1.56. The molecule has 0 fully saturated rings. The summed E-state index contributed by atoms with van der Waals surface area (Å²) in [4.78, 5) is 0. The molecule has 0 bridgehead atoms. The molecular weight excluding hydrogens is 207 g/mol. The minimum atomic E-state index is -1.55. The van der Waals surface area contributed by atoms with Crippen LogP contribution in [0.2, 0.25) is 0 Å². The molecule has 0 aromatic heterocycles. The lowest BCUT2D eigenvalue weighted by atomic mass is 10.4. The molecule has 0 aromatic rings. The van der Waals surface area contributed by atoms with E-state index in [1.165, 1.54) is 33.9 Å². The molecule has 70 valence electrons. The molecule has 0 aliphatic heterocycles. The van der Waals surface area contributed by atoms with Gasteiger partial charge in [-0.1, -0.05) is 33.9 Å². The molecule has 1 nitrogen and oxygen atoms in total. The van der Waals surface area contributed by atoms with Crippen molar-refractivity contribution in [2.75, 3.05) is 0 Å². The third-order valence-corrected chi connectivity index (χ3v) is 5.94. The van der Waals surface area contributed by atoms with E-state index in [9.17, 15) is 4.57 Å². The van der Waals surface area contributed by atoms with Crippen LogP contribution in [0.3, 0.4) is 0 Å². The van der Waals surface area contributed by atoms with Crippen LogP contribution in [0.5, 0.6) is 0 Å². The third kappa shape index (κ3) is 8.51. The Labute approximate surface area is 83.4 Å². The van der Waals surface area contributed by atoms with Crippen LogP contribution >= 0.6 is 29.0 Å². The lowest BCUT2D eigenvalue weighted by Gasteiger charge is -1.93. The summed E-state index contributed by atoms with van der Waals surface area (Å²) >= 11 is 2.86. The summed E-state index contributed by atoms with van der Waals surface area (Å²) in [5.41, 5.74) is 2.41. The molecule has 0 saturated heterocycles. The second-order valence-electron chi connectivity index (χ2n) is 2.88. The van der Waals surface area contributed by atoms with Gasteiger partial charge in [-0.05, 0) is 38.5 Å². The number of hydrogen-bond donors (Lipinski definition) is 0. The molecule has 0 aromatic carbocycles. The predicted molar refractivity (Wildman–Crippen MR) is 63.0 cm³/mol. The summed E-state index contributed by atoms with van der Waals surface area (Å²) in [6.07, 6.45) is -1.55. The van der Waals surface area contributed by atoms with Crippen molar-refractivity contribution >= 4 is 29.0 Å². The van der Waals surface area contributed by atoms with Crippen molar-refractivity contribution in [3.63, 3.8) is 0 Å². The van der Waals surface area contributed by atoms with E-state index in [0.717, 1.165) is 0 Å². The highest BCUT2D eigenvalue weighted by Gasteiger charge is 1.94. The molecule has 0 spiro atoms. The standard InChI is InChI=1S/C8H15OPS2/c1-7(2)5-11-10(9)12-6-8(3)4/h5-6,10H,1-4H3. The molecule has 0 heterocycles. The first-order valence-electron chi connectivity index (χ1n) is 3.66. The van der Waals surface area contributed by atoms with E-state index in [1.807, 2.05) is 38.5 Å². The number of hydrogen-bond acceptors (Lipinski definition) is 3. The minimum absolute atomic E-state index is 1.20. The maximum absolute atomic E-state index is 11.3. The van der Waals surface area contributed by atoms with Gasteiger partial charge in [-0.2, -0.15) is 0 Å². The van der Waals surface area contributed by atoms with E-state index in [1.54, 1.807) is 0 Å². The topological polar surface area (TPSA) is 17.1 Å². The van der Waals surface area contributed by atoms with Gasteiger partial charge in [0.15, 0.2) is 6.20 Å². The average Bonchev–Trinajstić information content (AvgIpc) is 1.96. The molecule has 0 N–H and O–H groups in total. The van der Waals surface area contributed by atoms with Crippen LogP contribution in [0.4, 0.5) is 0 Å². The van der Waals surface area contributed by atoms with E-state index >= 15 is 0 Å². The molecule has 0 amide bonds. The zero-order chi connectivity index (χ0) is 9.56. The Morgan fingerprint density at radius 1 is 1.00 bits per heavy atom. The van der Waals surface area contributed by atoms with E-state index < -0.39 is 6.20 Å². The Kier molecular flexibility index (Phi) is 7.11. The van der Waals surface area contributed by atoms with Gasteiger partial charge in [-0.25, -0.2) is 0 Å². The van der Waals surface area contributed by atoms with Crippen LogP contribution in [0.1, 0.15) is 27.7 Å². The minimum Gasteiger partial charge on any atom is -0.303 e. The van der Waals surface area contributed by atoms with Crippen molar-refractivity contribution in [1.29, 1.82) is 0 Å². The van der Waals surface area contributed by atoms with Crippen LogP contribution in [-0.2, 0) is 4.57 Å². The number of allylic oxidation sites excluding steroid dienone is 2. The molecule has 0 aliphatic carbocycles. The van der Waals surface area contributed by atoms with Crippen molar-refractivity contribution in [2.24, 2.45) is 0 Å². The number of rotatable bonds is 4. The summed E-state index contributed by atoms with van der Waals surface area (Å²) in [6.45, 7) is 8.03. The zero-order valence-corrected chi connectivity index (χ0v) is 10.5. The van der Waals surface area contributed by atoms with E-state index in [4.69, 9.17) is 0 Å². The van der Waals surface area contributed by atoms with Crippen LogP contribution in [0.15, 0.2) is 22.0 Å². The molecule has 0 saturated carbocycles. The molecular formula is C8H15OPS2. The van der Waals surface area contributed by atoms with Crippen molar-refractivity contribution in [3.05, 3.63) is 22.0 Å². The van der Waals surface area contributed by atoms with E-state index in [0.29, 0.717) is 0 Å². The predicted octanol–water partition coefficient (Wildman–Crippen LogP) is 4.69. The summed E-state index contributed by atoms with van der Waals surface area (Å²) in [5.74, 6) is 0. The smallest absolute Gasteiger partial charge is 0.187 e. The first kappa shape index (κ1) is 12.4. The van der Waals surface area contributed by atoms with Crippen LogP contribution in [0, 0.1) is 0 Å². The molecule has 0 unspecified atom stereocenters. The van der Waals surface area contributed by atoms with Crippen LogP contribution in [-0.4, -0.2) is 0 Å². The summed E-state index contributed by atoms with van der Waals surface area (Å²) in [5, 5.41) is 3.90. The first-order chi connectivity index (χ1) is 5.52. The maximum atomic E-state index is 11.3. The SMILES string of the molecule is CC(C)=CS[PH](=O)SC=C(C)C. The molecule has 4 heteroatoms. The summed E-state index contributed by atoms with van der Waals surface area (Å²) in [6, 6.07) is 0. The Bertz CT molecular complexity index is 191. The third-order valence-electron chi connectivity index (χ3n) is 0.782. The van der Waals surface area contributed by atoms with Gasteiger partial charge in [-0.3, -0.25) is 0 Å². The van der Waals surface area contributed by atoms with E-state index in [2.05, 4.69) is 0 Å². The second kappa shape index (κ2) is 6.88. The van der Waals surface area contributed by atoms with E-state index in [-0.39, 0.29) is 0 Å². The quantitative estimate of drug-likeness (QED) is 0.642.